The highest BCUT2D eigenvalue weighted by atomic mass is 32.2. The van der Waals surface area contributed by atoms with Crippen LogP contribution < -0.4 is 5.73 Å². The molecule has 26 heavy (non-hydrogen) atoms. The number of nitrogen functional groups attached to an aromatic ring is 1. The maximum atomic E-state index is 11.8. The van der Waals surface area contributed by atoms with E-state index in [0.717, 1.165) is 59.0 Å². The molecule has 5 nitrogen and oxygen atoms in total. The van der Waals surface area contributed by atoms with E-state index in [1.165, 1.54) is 11.8 Å². The lowest BCUT2D eigenvalue weighted by atomic mass is 10.0. The van der Waals surface area contributed by atoms with Crippen molar-refractivity contribution in [3.63, 3.8) is 0 Å². The number of rotatable bonds is 9. The van der Waals surface area contributed by atoms with Crippen molar-refractivity contribution in [1.82, 2.24) is 9.97 Å². The van der Waals surface area contributed by atoms with Crippen molar-refractivity contribution in [1.29, 1.82) is 0 Å². The molecule has 0 saturated heterocycles. The van der Waals surface area contributed by atoms with Crippen molar-refractivity contribution in [2.45, 2.75) is 51.5 Å². The Morgan fingerprint density at radius 3 is 2.58 bits per heavy atom. The van der Waals surface area contributed by atoms with Crippen LogP contribution in [0.15, 0.2) is 29.3 Å². The minimum atomic E-state index is -0.220. The van der Waals surface area contributed by atoms with Crippen LogP contribution >= 0.6 is 11.8 Å². The normalized spacial score (nSPS) is 10.7. The molecular formula is C20H27N3O2S. The van der Waals surface area contributed by atoms with Crippen LogP contribution in [0.2, 0.25) is 0 Å². The van der Waals surface area contributed by atoms with Gasteiger partial charge >= 0.3 is 5.97 Å². The van der Waals surface area contributed by atoms with Gasteiger partial charge in [-0.1, -0.05) is 37.2 Å². The Morgan fingerprint density at radius 2 is 1.92 bits per heavy atom. The van der Waals surface area contributed by atoms with E-state index >= 15 is 0 Å². The topological polar surface area (TPSA) is 78.1 Å². The number of carbonyl (C=O) groups is 1. The molecule has 0 aliphatic rings. The summed E-state index contributed by atoms with van der Waals surface area (Å²) in [6.07, 6.45) is 3.82. The van der Waals surface area contributed by atoms with E-state index in [0.29, 0.717) is 6.61 Å². The summed E-state index contributed by atoms with van der Waals surface area (Å²) in [4.78, 5) is 21.1. The predicted octanol–water partition coefficient (Wildman–Crippen LogP) is 3.96. The number of anilines is 1. The summed E-state index contributed by atoms with van der Waals surface area (Å²) in [5, 5.41) is 0.869. The van der Waals surface area contributed by atoms with Crippen LogP contribution in [0.3, 0.4) is 0 Å². The zero-order valence-electron chi connectivity index (χ0n) is 15.7. The fourth-order valence-electron chi connectivity index (χ4n) is 2.64. The van der Waals surface area contributed by atoms with Crippen LogP contribution in [-0.2, 0) is 22.4 Å². The van der Waals surface area contributed by atoms with Gasteiger partial charge in [-0.2, -0.15) is 0 Å². The summed E-state index contributed by atoms with van der Waals surface area (Å²) in [5.41, 5.74) is 9.87. The molecule has 0 amide bonds. The Morgan fingerprint density at radius 1 is 1.19 bits per heavy atom. The van der Waals surface area contributed by atoms with Crippen molar-refractivity contribution in [2.24, 2.45) is 0 Å². The number of esters is 1. The summed E-state index contributed by atoms with van der Waals surface area (Å²) in [7, 11) is 0. The van der Waals surface area contributed by atoms with E-state index in [1.807, 2.05) is 38.1 Å². The summed E-state index contributed by atoms with van der Waals surface area (Å²) in [5.74, 6) is 0.775. The Hall–Kier alpha value is -2.08. The first-order valence-electron chi connectivity index (χ1n) is 9.02. The SMILES string of the molecule is CCCCc1nc(C)nc(SCC(=O)OCC)c1Cc1ccc(N)cc1. The van der Waals surface area contributed by atoms with Crippen LogP contribution in [0.1, 0.15) is 49.3 Å². The first kappa shape index (κ1) is 20.2. The number of nitrogens with two attached hydrogens (primary N) is 1. The second kappa shape index (κ2) is 10.2. The van der Waals surface area contributed by atoms with Gasteiger partial charge in [-0.15, -0.1) is 0 Å². The number of aromatic nitrogens is 2. The van der Waals surface area contributed by atoms with Crippen LogP contribution in [0.25, 0.3) is 0 Å². The number of thioether (sulfide) groups is 1. The first-order chi connectivity index (χ1) is 12.5. The van der Waals surface area contributed by atoms with Crippen LogP contribution in [-0.4, -0.2) is 28.3 Å². The summed E-state index contributed by atoms with van der Waals surface area (Å²) in [6.45, 7) is 6.27. The van der Waals surface area contributed by atoms with E-state index in [9.17, 15) is 4.79 Å². The molecule has 140 valence electrons. The average Bonchev–Trinajstić information content (AvgIpc) is 2.62. The number of hydrogen-bond acceptors (Lipinski definition) is 6. The van der Waals surface area contributed by atoms with E-state index < -0.39 is 0 Å². The van der Waals surface area contributed by atoms with Gasteiger partial charge in [0.05, 0.1) is 12.4 Å². The van der Waals surface area contributed by atoms with Gasteiger partial charge in [-0.05, 0) is 44.4 Å². The smallest absolute Gasteiger partial charge is 0.316 e. The molecule has 0 atom stereocenters. The number of carbonyl (C=O) groups excluding carboxylic acids is 1. The molecule has 2 N–H and O–H groups in total. The summed E-state index contributed by atoms with van der Waals surface area (Å²) < 4.78 is 5.04. The van der Waals surface area contributed by atoms with E-state index in [2.05, 4.69) is 16.9 Å². The summed E-state index contributed by atoms with van der Waals surface area (Å²) in [6, 6.07) is 7.86. The third-order valence-corrected chi connectivity index (χ3v) is 4.92. The second-order valence-corrected chi connectivity index (χ2v) is 7.08. The van der Waals surface area contributed by atoms with Gasteiger partial charge in [-0.25, -0.2) is 9.97 Å². The fourth-order valence-corrected chi connectivity index (χ4v) is 3.54. The Labute approximate surface area is 159 Å². The molecule has 1 aromatic carbocycles. The molecule has 0 radical (unpaired) electrons. The number of unbranched alkanes of at least 4 members (excludes halogenated alkanes) is 1. The summed E-state index contributed by atoms with van der Waals surface area (Å²) >= 11 is 1.43. The minimum Gasteiger partial charge on any atom is -0.465 e. The second-order valence-electron chi connectivity index (χ2n) is 6.12. The number of benzene rings is 1. The maximum absolute atomic E-state index is 11.8. The maximum Gasteiger partial charge on any atom is 0.316 e. The molecule has 0 aliphatic heterocycles. The van der Waals surface area contributed by atoms with Crippen molar-refractivity contribution in [2.75, 3.05) is 18.1 Å². The zero-order chi connectivity index (χ0) is 18.9. The van der Waals surface area contributed by atoms with E-state index in [1.54, 1.807) is 0 Å². The van der Waals surface area contributed by atoms with Crippen LogP contribution in [0.4, 0.5) is 5.69 Å². The molecule has 0 fully saturated rings. The van der Waals surface area contributed by atoms with Crippen LogP contribution in [0, 0.1) is 6.92 Å². The Balaban J connectivity index is 2.32. The highest BCUT2D eigenvalue weighted by molar-refractivity contribution is 7.99. The standard InChI is InChI=1S/C20H27N3O2S/c1-4-6-7-18-17(12-15-8-10-16(21)11-9-15)20(23-14(3)22-18)26-13-19(24)25-5-2/h8-11H,4-7,12-13,21H2,1-3H3. The Kier molecular flexibility index (Phi) is 7.91. The van der Waals surface area contributed by atoms with Gasteiger partial charge in [-0.3, -0.25) is 4.79 Å². The van der Waals surface area contributed by atoms with Crippen molar-refractivity contribution in [3.05, 3.63) is 46.9 Å². The number of hydrogen-bond donors (Lipinski definition) is 1. The lowest BCUT2D eigenvalue weighted by molar-refractivity contribution is -0.139. The monoisotopic (exact) mass is 373 g/mol. The fraction of sp³-hybridized carbons (Fsp3) is 0.450. The third kappa shape index (κ3) is 6.02. The minimum absolute atomic E-state index is 0.220. The number of aryl methyl sites for hydroxylation is 2. The third-order valence-electron chi connectivity index (χ3n) is 3.93. The largest absolute Gasteiger partial charge is 0.465 e. The molecule has 0 aliphatic carbocycles. The van der Waals surface area contributed by atoms with Gasteiger partial charge in [0.15, 0.2) is 0 Å². The predicted molar refractivity (Wildman–Crippen MR) is 106 cm³/mol. The molecule has 1 heterocycles. The molecule has 0 spiro atoms. The highest BCUT2D eigenvalue weighted by Gasteiger charge is 2.16. The van der Waals surface area contributed by atoms with E-state index in [4.69, 9.17) is 10.5 Å². The van der Waals surface area contributed by atoms with Crippen LogP contribution in [0.5, 0.6) is 0 Å². The number of nitrogens with zero attached hydrogens (tertiary/aromatic N) is 2. The molecule has 2 rings (SSSR count). The van der Waals surface area contributed by atoms with Gasteiger partial charge < -0.3 is 10.5 Å². The van der Waals surface area contributed by atoms with Crippen molar-refractivity contribution < 1.29 is 9.53 Å². The average molecular weight is 374 g/mol. The van der Waals surface area contributed by atoms with Crippen molar-refractivity contribution >= 4 is 23.4 Å². The number of ether oxygens (including phenoxy) is 1. The van der Waals surface area contributed by atoms with Gasteiger partial charge in [0.1, 0.15) is 10.9 Å². The highest BCUT2D eigenvalue weighted by Crippen LogP contribution is 2.27. The molecular weight excluding hydrogens is 346 g/mol. The molecule has 2 aromatic rings. The zero-order valence-corrected chi connectivity index (χ0v) is 16.6. The van der Waals surface area contributed by atoms with E-state index in [-0.39, 0.29) is 11.7 Å². The molecule has 0 bridgehead atoms. The lowest BCUT2D eigenvalue weighted by Gasteiger charge is -2.14. The molecule has 0 unspecified atom stereocenters. The molecule has 0 saturated carbocycles. The quantitative estimate of drug-likeness (QED) is 0.310. The van der Waals surface area contributed by atoms with Crippen molar-refractivity contribution in [3.8, 4) is 0 Å². The lowest BCUT2D eigenvalue weighted by Crippen LogP contribution is -2.10. The van der Waals surface area contributed by atoms with Gasteiger partial charge in [0.2, 0.25) is 0 Å². The van der Waals surface area contributed by atoms with Gasteiger partial charge in [0, 0.05) is 23.4 Å². The molecule has 1 aromatic heterocycles. The van der Waals surface area contributed by atoms with Gasteiger partial charge in [0.25, 0.3) is 0 Å². The first-order valence-corrected chi connectivity index (χ1v) is 10.0. The molecule has 6 heteroatoms. The Bertz CT molecular complexity index is 733.